The number of benzene rings is 2. The number of nitrogens with one attached hydrogen (secondary N) is 1. The lowest BCUT2D eigenvalue weighted by molar-refractivity contribution is 0.0942. The summed E-state index contributed by atoms with van der Waals surface area (Å²) in [6.07, 6.45) is -0.196. The van der Waals surface area contributed by atoms with Gasteiger partial charge in [0.1, 0.15) is 11.5 Å². The molecule has 24 heavy (non-hydrogen) atoms. The van der Waals surface area contributed by atoms with Crippen LogP contribution in [0.3, 0.4) is 0 Å². The molecule has 1 heterocycles. The second-order valence-corrected chi connectivity index (χ2v) is 5.99. The van der Waals surface area contributed by atoms with Gasteiger partial charge in [-0.3, -0.25) is 4.79 Å². The summed E-state index contributed by atoms with van der Waals surface area (Å²) >= 11 is 0. The van der Waals surface area contributed by atoms with E-state index < -0.39 is 6.10 Å². The lowest BCUT2D eigenvalue weighted by Gasteiger charge is -2.11. The van der Waals surface area contributed by atoms with Crippen molar-refractivity contribution in [3.05, 3.63) is 71.2 Å². The fraction of sp³-hybridized carbons (Fsp3) is 0.250. The minimum absolute atomic E-state index is 0.131. The Labute approximate surface area is 141 Å². The number of fused-ring (bicyclic) bond motifs is 1. The summed E-state index contributed by atoms with van der Waals surface area (Å²) in [5.74, 6) is 1.37. The average Bonchev–Trinajstić information content (AvgIpc) is 2.92. The van der Waals surface area contributed by atoms with Crippen LogP contribution in [0.4, 0.5) is 0 Å². The molecule has 3 aromatic rings. The molecule has 4 nitrogen and oxygen atoms in total. The van der Waals surface area contributed by atoms with E-state index in [1.807, 2.05) is 62.4 Å². The second kappa shape index (κ2) is 6.89. The molecule has 4 heteroatoms. The van der Waals surface area contributed by atoms with E-state index in [2.05, 4.69) is 5.32 Å². The van der Waals surface area contributed by atoms with E-state index in [4.69, 9.17) is 4.42 Å². The Bertz CT molecular complexity index is 866. The summed E-state index contributed by atoms with van der Waals surface area (Å²) in [4.78, 5) is 12.3. The molecule has 0 aliphatic rings. The molecule has 0 spiro atoms. The third-order valence-electron chi connectivity index (χ3n) is 4.15. The standard InChI is InChI=1S/C20H21NO3/c1-13-11-18(14(2)24-13)19(22)9-10-21-20(23)17-8-7-15-5-3-4-6-16(15)12-17/h3-8,11-12,19,22H,9-10H2,1-2H3,(H,21,23). The van der Waals surface area contributed by atoms with Gasteiger partial charge in [-0.15, -0.1) is 0 Å². The molecule has 2 aromatic carbocycles. The van der Waals surface area contributed by atoms with E-state index in [1.54, 1.807) is 0 Å². The van der Waals surface area contributed by atoms with Crippen molar-refractivity contribution in [3.8, 4) is 0 Å². The van der Waals surface area contributed by atoms with Crippen LogP contribution in [0.5, 0.6) is 0 Å². The van der Waals surface area contributed by atoms with Crippen LogP contribution in [-0.2, 0) is 0 Å². The first kappa shape index (κ1) is 16.3. The molecule has 0 saturated carbocycles. The highest BCUT2D eigenvalue weighted by Crippen LogP contribution is 2.23. The smallest absolute Gasteiger partial charge is 0.251 e. The van der Waals surface area contributed by atoms with Crippen LogP contribution in [0, 0.1) is 13.8 Å². The first-order chi connectivity index (χ1) is 11.5. The van der Waals surface area contributed by atoms with Crippen molar-refractivity contribution in [1.82, 2.24) is 5.32 Å². The van der Waals surface area contributed by atoms with Gasteiger partial charge >= 0.3 is 0 Å². The van der Waals surface area contributed by atoms with Crippen molar-refractivity contribution in [2.24, 2.45) is 0 Å². The Kier molecular flexibility index (Phi) is 4.67. The minimum Gasteiger partial charge on any atom is -0.466 e. The first-order valence-corrected chi connectivity index (χ1v) is 8.06. The van der Waals surface area contributed by atoms with Crippen LogP contribution in [0.25, 0.3) is 10.8 Å². The highest BCUT2D eigenvalue weighted by molar-refractivity contribution is 5.98. The molecule has 0 aliphatic heterocycles. The van der Waals surface area contributed by atoms with Crippen LogP contribution < -0.4 is 5.32 Å². The van der Waals surface area contributed by atoms with Crippen molar-refractivity contribution in [2.75, 3.05) is 6.54 Å². The van der Waals surface area contributed by atoms with Gasteiger partial charge in [0.05, 0.1) is 6.10 Å². The first-order valence-electron chi connectivity index (χ1n) is 8.06. The number of aliphatic hydroxyl groups excluding tert-OH is 1. The van der Waals surface area contributed by atoms with Gasteiger partial charge in [-0.25, -0.2) is 0 Å². The van der Waals surface area contributed by atoms with Gasteiger partial charge in [0.2, 0.25) is 0 Å². The molecule has 1 amide bonds. The summed E-state index contributed by atoms with van der Waals surface area (Å²) in [6, 6.07) is 15.4. The maximum Gasteiger partial charge on any atom is 0.251 e. The molecule has 0 aliphatic carbocycles. The van der Waals surface area contributed by atoms with E-state index in [0.717, 1.165) is 27.9 Å². The Morgan fingerprint density at radius 3 is 2.58 bits per heavy atom. The molecule has 3 rings (SSSR count). The molecule has 2 N–H and O–H groups in total. The van der Waals surface area contributed by atoms with Crippen LogP contribution in [-0.4, -0.2) is 17.6 Å². The van der Waals surface area contributed by atoms with Crippen LogP contribution in [0.15, 0.2) is 52.9 Å². The topological polar surface area (TPSA) is 62.5 Å². The van der Waals surface area contributed by atoms with E-state index in [-0.39, 0.29) is 5.91 Å². The van der Waals surface area contributed by atoms with Gasteiger partial charge in [-0.1, -0.05) is 30.3 Å². The SMILES string of the molecule is Cc1cc(C(O)CCNC(=O)c2ccc3ccccc3c2)c(C)o1. The largest absolute Gasteiger partial charge is 0.466 e. The van der Waals surface area contributed by atoms with Gasteiger partial charge in [-0.2, -0.15) is 0 Å². The maximum atomic E-state index is 12.3. The number of aryl methyl sites for hydroxylation is 2. The molecule has 0 saturated heterocycles. The number of hydrogen-bond acceptors (Lipinski definition) is 3. The molecule has 1 atom stereocenters. The van der Waals surface area contributed by atoms with Gasteiger partial charge in [-0.05, 0) is 49.2 Å². The van der Waals surface area contributed by atoms with Gasteiger partial charge in [0.25, 0.3) is 5.91 Å². The summed E-state index contributed by atoms with van der Waals surface area (Å²) in [5, 5.41) is 15.2. The molecular weight excluding hydrogens is 302 g/mol. The number of aliphatic hydroxyl groups is 1. The number of furan rings is 1. The molecule has 1 unspecified atom stereocenters. The molecule has 0 bridgehead atoms. The lowest BCUT2D eigenvalue weighted by Crippen LogP contribution is -2.25. The fourth-order valence-corrected chi connectivity index (χ4v) is 2.89. The second-order valence-electron chi connectivity index (χ2n) is 5.99. The van der Waals surface area contributed by atoms with Gasteiger partial charge in [0, 0.05) is 17.7 Å². The summed E-state index contributed by atoms with van der Waals surface area (Å²) in [6.45, 7) is 4.08. The minimum atomic E-state index is -0.639. The zero-order valence-corrected chi connectivity index (χ0v) is 13.9. The van der Waals surface area contributed by atoms with Gasteiger partial charge < -0.3 is 14.8 Å². The van der Waals surface area contributed by atoms with Crippen molar-refractivity contribution >= 4 is 16.7 Å². The van der Waals surface area contributed by atoms with Crippen molar-refractivity contribution in [2.45, 2.75) is 26.4 Å². The lowest BCUT2D eigenvalue weighted by atomic mass is 10.1. The zero-order chi connectivity index (χ0) is 17.1. The summed E-state index contributed by atoms with van der Waals surface area (Å²) in [5.41, 5.74) is 1.41. The Morgan fingerprint density at radius 2 is 1.88 bits per heavy atom. The Hall–Kier alpha value is -2.59. The predicted octanol–water partition coefficient (Wildman–Crippen LogP) is 3.90. The van der Waals surface area contributed by atoms with Crippen molar-refractivity contribution in [3.63, 3.8) is 0 Å². The number of amides is 1. The quantitative estimate of drug-likeness (QED) is 0.748. The zero-order valence-electron chi connectivity index (χ0n) is 13.9. The number of carbonyl (C=O) groups excluding carboxylic acids is 1. The molecule has 0 fully saturated rings. The van der Waals surface area contributed by atoms with Gasteiger partial charge in [0.15, 0.2) is 0 Å². The highest BCUT2D eigenvalue weighted by atomic mass is 16.3. The number of hydrogen-bond donors (Lipinski definition) is 2. The van der Waals surface area contributed by atoms with E-state index >= 15 is 0 Å². The highest BCUT2D eigenvalue weighted by Gasteiger charge is 2.15. The maximum absolute atomic E-state index is 12.3. The Balaban J connectivity index is 1.59. The molecular formula is C20H21NO3. The van der Waals surface area contributed by atoms with E-state index in [1.165, 1.54) is 0 Å². The van der Waals surface area contributed by atoms with E-state index in [9.17, 15) is 9.90 Å². The van der Waals surface area contributed by atoms with Crippen LogP contribution >= 0.6 is 0 Å². The van der Waals surface area contributed by atoms with Crippen molar-refractivity contribution < 1.29 is 14.3 Å². The third-order valence-corrected chi connectivity index (χ3v) is 4.15. The fourth-order valence-electron chi connectivity index (χ4n) is 2.89. The summed E-state index contributed by atoms with van der Waals surface area (Å²) in [7, 11) is 0. The predicted molar refractivity (Wildman–Crippen MR) is 94.0 cm³/mol. The molecule has 0 radical (unpaired) electrons. The van der Waals surface area contributed by atoms with Crippen LogP contribution in [0.1, 0.15) is 40.0 Å². The average molecular weight is 323 g/mol. The summed E-state index contributed by atoms with van der Waals surface area (Å²) < 4.78 is 5.43. The van der Waals surface area contributed by atoms with Crippen LogP contribution in [0.2, 0.25) is 0 Å². The molecule has 124 valence electrons. The van der Waals surface area contributed by atoms with E-state index in [0.29, 0.717) is 18.5 Å². The number of carbonyl (C=O) groups is 1. The monoisotopic (exact) mass is 323 g/mol. The number of rotatable bonds is 5. The Morgan fingerprint density at radius 1 is 1.12 bits per heavy atom. The normalized spacial score (nSPS) is 12.3. The van der Waals surface area contributed by atoms with Crippen molar-refractivity contribution in [1.29, 1.82) is 0 Å². The molecule has 1 aromatic heterocycles. The third kappa shape index (κ3) is 3.49.